The van der Waals surface area contributed by atoms with Crippen LogP contribution in [0.4, 0.5) is 5.69 Å². The van der Waals surface area contributed by atoms with Gasteiger partial charge in [0.05, 0.1) is 5.56 Å². The van der Waals surface area contributed by atoms with Crippen LogP contribution in [0.15, 0.2) is 48.0 Å². The van der Waals surface area contributed by atoms with Crippen molar-refractivity contribution in [3.8, 4) is 11.5 Å². The van der Waals surface area contributed by atoms with Gasteiger partial charge in [-0.1, -0.05) is 49.6 Å². The van der Waals surface area contributed by atoms with Gasteiger partial charge in [0.1, 0.15) is 17.1 Å². The number of benzene rings is 2. The van der Waals surface area contributed by atoms with Crippen LogP contribution in [0.5, 0.6) is 11.5 Å². The number of aromatic hydroxyl groups is 1. The van der Waals surface area contributed by atoms with Crippen molar-refractivity contribution >= 4 is 11.6 Å². The molecule has 1 aliphatic carbocycles. The highest BCUT2D eigenvalue weighted by atomic mass is 16.5. The molecule has 4 heteroatoms. The number of ether oxygens (including phenoxy) is 1. The Balaban J connectivity index is 1.82. The van der Waals surface area contributed by atoms with Crippen molar-refractivity contribution in [1.29, 1.82) is 0 Å². The lowest BCUT2D eigenvalue weighted by molar-refractivity contribution is 0.0107. The maximum atomic E-state index is 13.4. The summed E-state index contributed by atoms with van der Waals surface area (Å²) in [6, 6.07) is 11.4. The van der Waals surface area contributed by atoms with E-state index in [1.807, 2.05) is 36.4 Å². The Morgan fingerprint density at radius 3 is 2.69 bits per heavy atom. The minimum Gasteiger partial charge on any atom is -0.507 e. The molecular weight excluding hydrogens is 398 g/mol. The number of phenols is 1. The number of anilines is 1. The molecule has 1 amide bonds. The molecule has 0 saturated heterocycles. The molecule has 0 spiro atoms. The van der Waals surface area contributed by atoms with Gasteiger partial charge in [-0.05, 0) is 70.2 Å². The van der Waals surface area contributed by atoms with Crippen molar-refractivity contribution in [3.05, 3.63) is 64.7 Å². The number of allylic oxidation sites excluding steroid dienone is 2. The topological polar surface area (TPSA) is 58.6 Å². The average Bonchev–Trinajstić information content (AvgIpc) is 2.73. The maximum Gasteiger partial charge on any atom is 0.259 e. The third kappa shape index (κ3) is 4.28. The summed E-state index contributed by atoms with van der Waals surface area (Å²) in [6.45, 7) is 8.60. The summed E-state index contributed by atoms with van der Waals surface area (Å²) >= 11 is 0. The summed E-state index contributed by atoms with van der Waals surface area (Å²) in [4.78, 5) is 13.4. The Labute approximate surface area is 191 Å². The first-order valence-electron chi connectivity index (χ1n) is 11.9. The number of carbonyl (C=O) groups excluding carboxylic acids is 1. The van der Waals surface area contributed by atoms with E-state index in [0.717, 1.165) is 61.1 Å². The number of hydrogen-bond donors (Lipinski definition) is 2. The molecular formula is C28H35NO3. The third-order valence-electron chi connectivity index (χ3n) is 7.04. The highest BCUT2D eigenvalue weighted by molar-refractivity contribution is 6.07. The predicted octanol–water partition coefficient (Wildman–Crippen LogP) is 6.99. The van der Waals surface area contributed by atoms with Gasteiger partial charge in [-0.15, -0.1) is 0 Å². The second-order valence-electron chi connectivity index (χ2n) is 9.84. The van der Waals surface area contributed by atoms with Crippen LogP contribution in [0.2, 0.25) is 0 Å². The van der Waals surface area contributed by atoms with E-state index in [-0.39, 0.29) is 29.1 Å². The molecule has 4 nitrogen and oxygen atoms in total. The minimum atomic E-state index is -0.324. The fourth-order valence-corrected chi connectivity index (χ4v) is 5.34. The van der Waals surface area contributed by atoms with Crippen molar-refractivity contribution in [1.82, 2.24) is 0 Å². The van der Waals surface area contributed by atoms with E-state index in [9.17, 15) is 9.90 Å². The molecule has 1 aliphatic heterocycles. The smallest absolute Gasteiger partial charge is 0.259 e. The highest BCUT2D eigenvalue weighted by Gasteiger charge is 2.46. The van der Waals surface area contributed by atoms with Crippen LogP contribution < -0.4 is 10.1 Å². The fourth-order valence-electron chi connectivity index (χ4n) is 5.34. The largest absolute Gasteiger partial charge is 0.507 e. The molecule has 170 valence electrons. The number of amides is 1. The Kier molecular flexibility index (Phi) is 6.32. The minimum absolute atomic E-state index is 0.0514. The molecule has 2 atom stereocenters. The van der Waals surface area contributed by atoms with Crippen LogP contribution >= 0.6 is 0 Å². The van der Waals surface area contributed by atoms with Crippen molar-refractivity contribution < 1.29 is 14.6 Å². The zero-order valence-electron chi connectivity index (χ0n) is 19.7. The molecule has 0 fully saturated rings. The summed E-state index contributed by atoms with van der Waals surface area (Å²) < 4.78 is 6.48. The van der Waals surface area contributed by atoms with Crippen LogP contribution in [0.25, 0.3) is 0 Å². The van der Waals surface area contributed by atoms with E-state index in [4.69, 9.17) is 4.74 Å². The van der Waals surface area contributed by atoms with Gasteiger partial charge < -0.3 is 15.2 Å². The van der Waals surface area contributed by atoms with E-state index in [2.05, 4.69) is 39.1 Å². The van der Waals surface area contributed by atoms with Gasteiger partial charge in [-0.3, -0.25) is 4.79 Å². The molecule has 0 radical (unpaired) electrons. The number of nitrogens with one attached hydrogen (secondary N) is 1. The van der Waals surface area contributed by atoms with Crippen LogP contribution in [0.1, 0.15) is 87.2 Å². The van der Waals surface area contributed by atoms with Crippen molar-refractivity contribution in [3.63, 3.8) is 0 Å². The first-order chi connectivity index (χ1) is 15.3. The molecule has 2 aliphatic rings. The lowest BCUT2D eigenvalue weighted by Crippen LogP contribution is -2.45. The van der Waals surface area contributed by atoms with Gasteiger partial charge in [0.2, 0.25) is 0 Å². The second kappa shape index (κ2) is 9.01. The van der Waals surface area contributed by atoms with E-state index in [0.29, 0.717) is 5.56 Å². The van der Waals surface area contributed by atoms with Gasteiger partial charge in [-0.25, -0.2) is 0 Å². The van der Waals surface area contributed by atoms with Crippen molar-refractivity contribution in [2.45, 2.75) is 77.7 Å². The molecule has 4 rings (SSSR count). The molecule has 2 N–H and O–H groups in total. The molecule has 0 bridgehead atoms. The van der Waals surface area contributed by atoms with Gasteiger partial charge >= 0.3 is 0 Å². The molecule has 0 saturated carbocycles. The van der Waals surface area contributed by atoms with Crippen LogP contribution in [0.3, 0.4) is 0 Å². The van der Waals surface area contributed by atoms with Crippen molar-refractivity contribution in [2.24, 2.45) is 5.92 Å². The zero-order valence-corrected chi connectivity index (χ0v) is 19.7. The number of aryl methyl sites for hydroxylation is 1. The third-order valence-corrected chi connectivity index (χ3v) is 7.04. The van der Waals surface area contributed by atoms with Crippen molar-refractivity contribution in [2.75, 3.05) is 5.32 Å². The molecule has 32 heavy (non-hydrogen) atoms. The first kappa shape index (κ1) is 22.4. The maximum absolute atomic E-state index is 13.4. The number of hydrogen-bond acceptors (Lipinski definition) is 3. The quantitative estimate of drug-likeness (QED) is 0.381. The molecule has 1 heterocycles. The summed E-state index contributed by atoms with van der Waals surface area (Å²) in [5.74, 6) is 0.860. The summed E-state index contributed by atoms with van der Waals surface area (Å²) in [6.07, 6.45) is 8.21. The molecule has 0 unspecified atom stereocenters. The molecule has 2 aromatic rings. The van der Waals surface area contributed by atoms with Gasteiger partial charge in [-0.2, -0.15) is 0 Å². The van der Waals surface area contributed by atoms with Gasteiger partial charge in [0, 0.05) is 23.1 Å². The molecule has 0 aromatic heterocycles. The number of rotatable bonds is 6. The van der Waals surface area contributed by atoms with Crippen LogP contribution in [-0.2, 0) is 6.42 Å². The van der Waals surface area contributed by atoms with Gasteiger partial charge in [0.25, 0.3) is 5.91 Å². The summed E-state index contributed by atoms with van der Waals surface area (Å²) in [7, 11) is 0. The zero-order chi connectivity index (χ0) is 22.9. The SMILES string of the molecule is CCCCCc1cc2c(c(O)c1C(=O)Nc1ccccc1)[C@@H]1C=C(C)CC[C@H]1C(C)(C)O2. The number of para-hydroxylation sites is 1. The standard InChI is InChI=1S/C28H35NO3/c1-5-6-8-11-19-17-23-25(21-16-18(2)14-15-22(21)28(3,4)32-23)26(30)24(19)27(31)29-20-12-9-7-10-13-20/h7,9-10,12-13,16-17,21-22,30H,5-6,8,11,14-15H2,1-4H3,(H,29,31)/t21-,22-/m1/s1. The Bertz CT molecular complexity index is 1020. The fraction of sp³-hybridized carbons (Fsp3) is 0.464. The van der Waals surface area contributed by atoms with E-state index < -0.39 is 0 Å². The van der Waals surface area contributed by atoms with E-state index >= 15 is 0 Å². The summed E-state index contributed by atoms with van der Waals surface area (Å²) in [5, 5.41) is 14.5. The normalized spacial score (nSPS) is 21.1. The Hall–Kier alpha value is -2.75. The highest BCUT2D eigenvalue weighted by Crippen LogP contribution is 2.54. The lowest BCUT2D eigenvalue weighted by Gasteiger charge is -2.46. The monoisotopic (exact) mass is 433 g/mol. The first-order valence-corrected chi connectivity index (χ1v) is 11.9. The van der Waals surface area contributed by atoms with E-state index in [1.165, 1.54) is 5.57 Å². The number of carbonyl (C=O) groups is 1. The van der Waals surface area contributed by atoms with E-state index in [1.54, 1.807) is 0 Å². The summed E-state index contributed by atoms with van der Waals surface area (Å²) in [5.41, 5.74) is 3.74. The Morgan fingerprint density at radius 1 is 1.22 bits per heavy atom. The predicted molar refractivity (Wildman–Crippen MR) is 130 cm³/mol. The Morgan fingerprint density at radius 2 is 1.97 bits per heavy atom. The van der Waals surface area contributed by atoms with Gasteiger partial charge in [0.15, 0.2) is 0 Å². The average molecular weight is 434 g/mol. The molecule has 2 aromatic carbocycles. The number of unbranched alkanes of at least 4 members (excludes halogenated alkanes) is 2. The lowest BCUT2D eigenvalue weighted by atomic mass is 9.67. The number of fused-ring (bicyclic) bond motifs is 3. The van der Waals surface area contributed by atoms with Crippen LogP contribution in [0, 0.1) is 5.92 Å². The second-order valence-corrected chi connectivity index (χ2v) is 9.84. The number of phenolic OH excluding ortho intramolecular Hbond substituents is 1. The van der Waals surface area contributed by atoms with Crippen LogP contribution in [-0.4, -0.2) is 16.6 Å².